The quantitative estimate of drug-likeness (QED) is 0.798. The van der Waals surface area contributed by atoms with Gasteiger partial charge >= 0.3 is 5.97 Å². The maximum Gasteiger partial charge on any atom is 0.340 e. The van der Waals surface area contributed by atoms with Crippen LogP contribution in [0.2, 0.25) is 0 Å². The number of esters is 1. The average molecular weight is 359 g/mol. The summed E-state index contributed by atoms with van der Waals surface area (Å²) in [6, 6.07) is 8.02. The molecule has 0 saturated heterocycles. The van der Waals surface area contributed by atoms with Crippen LogP contribution in [0.3, 0.4) is 0 Å². The zero-order chi connectivity index (χ0) is 19.3. The van der Waals surface area contributed by atoms with E-state index in [9.17, 15) is 9.59 Å². The van der Waals surface area contributed by atoms with Crippen LogP contribution in [0, 0.1) is 6.92 Å². The van der Waals surface area contributed by atoms with Gasteiger partial charge in [-0.25, -0.2) is 4.79 Å². The first-order chi connectivity index (χ1) is 12.4. The lowest BCUT2D eigenvalue weighted by molar-refractivity contribution is 0.0601. The summed E-state index contributed by atoms with van der Waals surface area (Å²) in [6.45, 7) is 1.84. The van der Waals surface area contributed by atoms with Gasteiger partial charge in [0.1, 0.15) is 5.75 Å². The summed E-state index contributed by atoms with van der Waals surface area (Å²) in [4.78, 5) is 24.7. The molecule has 0 spiro atoms. The van der Waals surface area contributed by atoms with Gasteiger partial charge in [-0.2, -0.15) is 0 Å². The predicted octanol–water partition coefficient (Wildman–Crippen LogP) is 3.06. The van der Waals surface area contributed by atoms with Crippen LogP contribution in [0.25, 0.3) is 0 Å². The van der Waals surface area contributed by atoms with Crippen molar-refractivity contribution in [3.63, 3.8) is 0 Å². The summed E-state index contributed by atoms with van der Waals surface area (Å²) in [5, 5.41) is 2.72. The Morgan fingerprint density at radius 2 is 1.46 bits per heavy atom. The van der Waals surface area contributed by atoms with E-state index in [1.165, 1.54) is 33.5 Å². The second-order valence-corrected chi connectivity index (χ2v) is 5.38. The second-order valence-electron chi connectivity index (χ2n) is 5.38. The molecule has 0 aromatic heterocycles. The fourth-order valence-corrected chi connectivity index (χ4v) is 2.48. The number of hydrogen-bond donors (Lipinski definition) is 1. The molecule has 0 atom stereocenters. The van der Waals surface area contributed by atoms with Crippen LogP contribution in [-0.4, -0.2) is 40.3 Å². The highest BCUT2D eigenvalue weighted by atomic mass is 16.5. The topological polar surface area (TPSA) is 83.1 Å². The lowest BCUT2D eigenvalue weighted by Crippen LogP contribution is -2.16. The maximum atomic E-state index is 12.6. The fourth-order valence-electron chi connectivity index (χ4n) is 2.48. The molecule has 138 valence electrons. The van der Waals surface area contributed by atoms with Crippen molar-refractivity contribution >= 4 is 17.6 Å². The highest BCUT2D eigenvalue weighted by molar-refractivity contribution is 6.08. The van der Waals surface area contributed by atoms with Crippen molar-refractivity contribution in [2.75, 3.05) is 33.8 Å². The summed E-state index contributed by atoms with van der Waals surface area (Å²) in [7, 11) is 5.75. The van der Waals surface area contributed by atoms with Crippen molar-refractivity contribution in [2.45, 2.75) is 6.92 Å². The highest BCUT2D eigenvalue weighted by Crippen LogP contribution is 2.34. The highest BCUT2D eigenvalue weighted by Gasteiger charge is 2.20. The van der Waals surface area contributed by atoms with E-state index in [4.69, 9.17) is 18.9 Å². The van der Waals surface area contributed by atoms with Crippen molar-refractivity contribution in [3.05, 3.63) is 47.0 Å². The first-order valence-electron chi connectivity index (χ1n) is 7.75. The van der Waals surface area contributed by atoms with Gasteiger partial charge in [0.25, 0.3) is 5.91 Å². The average Bonchev–Trinajstić information content (AvgIpc) is 2.66. The molecule has 7 heteroatoms. The van der Waals surface area contributed by atoms with E-state index in [0.29, 0.717) is 22.8 Å². The zero-order valence-electron chi connectivity index (χ0n) is 15.3. The molecule has 2 aromatic rings. The fraction of sp³-hybridized carbons (Fsp3) is 0.263. The minimum Gasteiger partial charge on any atom is -0.496 e. The van der Waals surface area contributed by atoms with Crippen molar-refractivity contribution < 1.29 is 28.5 Å². The maximum absolute atomic E-state index is 12.6. The Bertz CT molecular complexity index is 831. The molecule has 7 nitrogen and oxygen atoms in total. The van der Waals surface area contributed by atoms with Crippen LogP contribution in [0.4, 0.5) is 5.69 Å². The van der Waals surface area contributed by atoms with Crippen LogP contribution in [-0.2, 0) is 4.74 Å². The van der Waals surface area contributed by atoms with E-state index in [-0.39, 0.29) is 17.2 Å². The summed E-state index contributed by atoms with van der Waals surface area (Å²) in [5.41, 5.74) is 1.66. The molecule has 2 rings (SSSR count). The summed E-state index contributed by atoms with van der Waals surface area (Å²) < 4.78 is 20.4. The number of ether oxygens (including phenoxy) is 4. The Morgan fingerprint density at radius 1 is 0.846 bits per heavy atom. The molecule has 1 N–H and O–H groups in total. The van der Waals surface area contributed by atoms with Gasteiger partial charge in [0.15, 0.2) is 11.5 Å². The molecule has 0 unspecified atom stereocenters. The molecule has 0 radical (unpaired) electrons. The van der Waals surface area contributed by atoms with Crippen LogP contribution in [0.5, 0.6) is 17.2 Å². The molecule has 0 aliphatic heterocycles. The SMILES string of the molecule is COC(=O)c1cc(OC)c(OC)cc1NC(=O)c1ccc(OC)c(C)c1. The number of methoxy groups -OCH3 is 4. The number of carbonyl (C=O) groups excluding carboxylic acids is 2. The number of nitrogens with one attached hydrogen (secondary N) is 1. The van der Waals surface area contributed by atoms with E-state index in [1.54, 1.807) is 25.3 Å². The molecule has 0 bridgehead atoms. The number of rotatable bonds is 6. The Kier molecular flexibility index (Phi) is 6.06. The molecular formula is C19H21NO6. The molecule has 0 saturated carbocycles. The molecule has 0 fully saturated rings. The van der Waals surface area contributed by atoms with Gasteiger partial charge in [-0.05, 0) is 30.7 Å². The first kappa shape index (κ1) is 19.1. The van der Waals surface area contributed by atoms with E-state index < -0.39 is 5.97 Å². The van der Waals surface area contributed by atoms with E-state index in [1.807, 2.05) is 6.92 Å². The van der Waals surface area contributed by atoms with Crippen molar-refractivity contribution in [2.24, 2.45) is 0 Å². The summed E-state index contributed by atoms with van der Waals surface area (Å²) >= 11 is 0. The second kappa shape index (κ2) is 8.24. The predicted molar refractivity (Wildman–Crippen MR) is 96.6 cm³/mol. The minimum atomic E-state index is -0.604. The lowest BCUT2D eigenvalue weighted by atomic mass is 10.1. The van der Waals surface area contributed by atoms with Gasteiger partial charge in [0.05, 0.1) is 39.7 Å². The van der Waals surface area contributed by atoms with Gasteiger partial charge in [0, 0.05) is 17.7 Å². The third kappa shape index (κ3) is 3.88. The Hall–Kier alpha value is -3.22. The molecule has 26 heavy (non-hydrogen) atoms. The van der Waals surface area contributed by atoms with Crippen molar-refractivity contribution in [3.8, 4) is 17.2 Å². The number of carbonyl (C=O) groups is 2. The molecular weight excluding hydrogens is 338 g/mol. The van der Waals surface area contributed by atoms with Gasteiger partial charge in [-0.1, -0.05) is 0 Å². The van der Waals surface area contributed by atoms with Gasteiger partial charge in [-0.15, -0.1) is 0 Å². The molecule has 2 aromatic carbocycles. The Labute approximate surface area is 151 Å². The zero-order valence-corrected chi connectivity index (χ0v) is 15.3. The van der Waals surface area contributed by atoms with Crippen LogP contribution < -0.4 is 19.5 Å². The van der Waals surface area contributed by atoms with Crippen molar-refractivity contribution in [1.82, 2.24) is 0 Å². The smallest absolute Gasteiger partial charge is 0.340 e. The summed E-state index contributed by atoms with van der Waals surface area (Å²) in [6.07, 6.45) is 0. The van der Waals surface area contributed by atoms with E-state index in [0.717, 1.165) is 5.56 Å². The summed E-state index contributed by atoms with van der Waals surface area (Å²) in [5.74, 6) is 0.427. The molecule has 0 aliphatic rings. The number of benzene rings is 2. The number of anilines is 1. The third-order valence-corrected chi connectivity index (χ3v) is 3.83. The van der Waals surface area contributed by atoms with E-state index >= 15 is 0 Å². The van der Waals surface area contributed by atoms with Gasteiger partial charge in [-0.3, -0.25) is 4.79 Å². The normalized spacial score (nSPS) is 10.0. The monoisotopic (exact) mass is 359 g/mol. The van der Waals surface area contributed by atoms with E-state index in [2.05, 4.69) is 5.32 Å². The standard InChI is InChI=1S/C19H21NO6/c1-11-8-12(6-7-15(11)23-2)18(21)20-14-10-17(25-4)16(24-3)9-13(14)19(22)26-5/h6-10H,1-5H3,(H,20,21). The van der Waals surface area contributed by atoms with Crippen LogP contribution in [0.1, 0.15) is 26.3 Å². The first-order valence-corrected chi connectivity index (χ1v) is 7.75. The third-order valence-electron chi connectivity index (χ3n) is 3.83. The number of aryl methyl sites for hydroxylation is 1. The number of hydrogen-bond acceptors (Lipinski definition) is 6. The molecule has 1 amide bonds. The molecule has 0 aliphatic carbocycles. The Morgan fingerprint density at radius 3 is 2.00 bits per heavy atom. The van der Waals surface area contributed by atoms with Gasteiger partial charge < -0.3 is 24.3 Å². The minimum absolute atomic E-state index is 0.156. The largest absolute Gasteiger partial charge is 0.496 e. The van der Waals surface area contributed by atoms with Crippen LogP contribution in [0.15, 0.2) is 30.3 Å². The lowest BCUT2D eigenvalue weighted by Gasteiger charge is -2.15. The molecule has 0 heterocycles. The van der Waals surface area contributed by atoms with Gasteiger partial charge in [0.2, 0.25) is 0 Å². The Balaban J connectivity index is 2.42. The number of amides is 1. The van der Waals surface area contributed by atoms with Crippen LogP contribution >= 0.6 is 0 Å². The van der Waals surface area contributed by atoms with Crippen molar-refractivity contribution in [1.29, 1.82) is 0 Å².